The number of anilines is 1. The third-order valence-corrected chi connectivity index (χ3v) is 2.48. The van der Waals surface area contributed by atoms with E-state index in [9.17, 15) is 5.11 Å². The van der Waals surface area contributed by atoms with Gasteiger partial charge >= 0.3 is 0 Å². The van der Waals surface area contributed by atoms with E-state index in [4.69, 9.17) is 0 Å². The van der Waals surface area contributed by atoms with Crippen molar-refractivity contribution in [3.63, 3.8) is 0 Å². The Morgan fingerprint density at radius 2 is 2.06 bits per heavy atom. The van der Waals surface area contributed by atoms with Gasteiger partial charge in [-0.1, -0.05) is 0 Å². The molecule has 0 atom stereocenters. The summed E-state index contributed by atoms with van der Waals surface area (Å²) < 4.78 is 0. The molecule has 0 saturated heterocycles. The van der Waals surface area contributed by atoms with Gasteiger partial charge in [-0.15, -0.1) is 0 Å². The average molecular weight is 223 g/mol. The zero-order valence-electron chi connectivity index (χ0n) is 10.5. The highest BCUT2D eigenvalue weighted by Gasteiger charge is 2.07. The lowest BCUT2D eigenvalue weighted by atomic mass is 10.1. The summed E-state index contributed by atoms with van der Waals surface area (Å²) in [5.74, 6) is 0.807. The fourth-order valence-corrected chi connectivity index (χ4v) is 1.61. The molecule has 0 aliphatic carbocycles. The van der Waals surface area contributed by atoms with Gasteiger partial charge in [0.05, 0.1) is 6.61 Å². The lowest BCUT2D eigenvalue weighted by Gasteiger charge is -2.15. The van der Waals surface area contributed by atoms with Crippen molar-refractivity contribution in [1.29, 1.82) is 0 Å². The zero-order valence-corrected chi connectivity index (χ0v) is 10.5. The zero-order chi connectivity index (χ0) is 12.1. The maximum atomic E-state index is 9.31. The van der Waals surface area contributed by atoms with Crippen LogP contribution in [0.5, 0.6) is 0 Å². The summed E-state index contributed by atoms with van der Waals surface area (Å²) >= 11 is 0. The Morgan fingerprint density at radius 1 is 1.38 bits per heavy atom. The molecule has 4 heteroatoms. The normalized spacial score (nSPS) is 10.9. The van der Waals surface area contributed by atoms with Crippen molar-refractivity contribution < 1.29 is 5.11 Å². The average Bonchev–Trinajstić information content (AvgIpc) is 2.16. The van der Waals surface area contributed by atoms with Gasteiger partial charge in [-0.2, -0.15) is 0 Å². The second-order valence-electron chi connectivity index (χ2n) is 4.30. The van der Waals surface area contributed by atoms with E-state index in [2.05, 4.69) is 15.2 Å². The van der Waals surface area contributed by atoms with E-state index < -0.39 is 0 Å². The Kier molecular flexibility index (Phi) is 4.71. The summed E-state index contributed by atoms with van der Waals surface area (Å²) in [6.45, 7) is 5.77. The summed E-state index contributed by atoms with van der Waals surface area (Å²) in [5, 5.41) is 12.6. The van der Waals surface area contributed by atoms with Crippen LogP contribution in [-0.2, 0) is 6.61 Å². The molecule has 90 valence electrons. The molecular weight excluding hydrogens is 202 g/mol. The molecule has 1 aromatic rings. The number of aromatic nitrogens is 1. The van der Waals surface area contributed by atoms with E-state index in [1.165, 1.54) is 0 Å². The van der Waals surface area contributed by atoms with E-state index in [1.807, 2.05) is 34.0 Å². The van der Waals surface area contributed by atoms with Crippen LogP contribution in [0.4, 0.5) is 5.82 Å². The second kappa shape index (κ2) is 5.82. The van der Waals surface area contributed by atoms with E-state index in [0.717, 1.165) is 35.7 Å². The van der Waals surface area contributed by atoms with Crippen LogP contribution in [0.2, 0.25) is 0 Å². The van der Waals surface area contributed by atoms with Gasteiger partial charge in [0.25, 0.3) is 0 Å². The van der Waals surface area contributed by atoms with Crippen molar-refractivity contribution in [2.75, 3.05) is 32.5 Å². The first-order valence-electron chi connectivity index (χ1n) is 5.51. The topological polar surface area (TPSA) is 48.4 Å². The lowest BCUT2D eigenvalue weighted by Crippen LogP contribution is -2.22. The summed E-state index contributed by atoms with van der Waals surface area (Å²) in [6, 6.07) is 1.99. The summed E-state index contributed by atoms with van der Waals surface area (Å²) in [6.07, 6.45) is 0. The van der Waals surface area contributed by atoms with Crippen molar-refractivity contribution in [2.24, 2.45) is 0 Å². The molecule has 0 radical (unpaired) electrons. The number of aryl methyl sites for hydroxylation is 2. The Morgan fingerprint density at radius 3 is 2.62 bits per heavy atom. The van der Waals surface area contributed by atoms with Gasteiger partial charge in [0.15, 0.2) is 0 Å². The predicted octanol–water partition coefficient (Wildman–Crippen LogP) is 1.16. The molecule has 1 heterocycles. The quantitative estimate of drug-likeness (QED) is 0.786. The van der Waals surface area contributed by atoms with Crippen molar-refractivity contribution >= 4 is 5.82 Å². The number of aliphatic hydroxyl groups is 1. The summed E-state index contributed by atoms with van der Waals surface area (Å²) in [4.78, 5) is 6.52. The Bertz CT molecular complexity index is 350. The third kappa shape index (κ3) is 3.47. The molecule has 0 unspecified atom stereocenters. The molecule has 16 heavy (non-hydrogen) atoms. The van der Waals surface area contributed by atoms with E-state index in [0.29, 0.717) is 0 Å². The van der Waals surface area contributed by atoms with Gasteiger partial charge in [-0.05, 0) is 39.6 Å². The predicted molar refractivity (Wildman–Crippen MR) is 66.7 cm³/mol. The molecule has 0 aliphatic rings. The molecule has 0 aliphatic heterocycles. The third-order valence-electron chi connectivity index (χ3n) is 2.48. The number of hydrogen-bond donors (Lipinski definition) is 2. The number of aliphatic hydroxyl groups excluding tert-OH is 1. The Balaban J connectivity index is 2.77. The number of nitrogens with zero attached hydrogens (tertiary/aromatic N) is 2. The van der Waals surface area contributed by atoms with Crippen molar-refractivity contribution in [2.45, 2.75) is 20.5 Å². The van der Waals surface area contributed by atoms with Gasteiger partial charge in [0, 0.05) is 24.3 Å². The minimum Gasteiger partial charge on any atom is -0.392 e. The first kappa shape index (κ1) is 12.9. The molecule has 0 amide bonds. The molecule has 0 bridgehead atoms. The number of nitrogens with one attached hydrogen (secondary N) is 1. The highest BCUT2D eigenvalue weighted by molar-refractivity contribution is 5.48. The van der Waals surface area contributed by atoms with Gasteiger partial charge in [-0.3, -0.25) is 0 Å². The summed E-state index contributed by atoms with van der Waals surface area (Å²) in [7, 11) is 4.06. The minimum absolute atomic E-state index is 0.0312. The standard InChI is InChI=1S/C12H21N3O/c1-9-7-10(2)14-12(11(9)8-16)13-5-6-15(3)4/h7,16H,5-6,8H2,1-4H3,(H,13,14). The molecule has 4 nitrogen and oxygen atoms in total. The van der Waals surface area contributed by atoms with Crippen LogP contribution in [-0.4, -0.2) is 42.2 Å². The number of pyridine rings is 1. The lowest BCUT2D eigenvalue weighted by molar-refractivity contribution is 0.281. The van der Waals surface area contributed by atoms with E-state index >= 15 is 0 Å². The van der Waals surface area contributed by atoms with E-state index in [-0.39, 0.29) is 6.61 Å². The van der Waals surface area contributed by atoms with Gasteiger partial charge < -0.3 is 15.3 Å². The second-order valence-corrected chi connectivity index (χ2v) is 4.30. The van der Waals surface area contributed by atoms with Gasteiger partial charge in [0.1, 0.15) is 5.82 Å². The summed E-state index contributed by atoms with van der Waals surface area (Å²) in [5.41, 5.74) is 2.95. The smallest absolute Gasteiger partial charge is 0.132 e. The van der Waals surface area contributed by atoms with Crippen LogP contribution in [0.25, 0.3) is 0 Å². The highest BCUT2D eigenvalue weighted by Crippen LogP contribution is 2.18. The van der Waals surface area contributed by atoms with Crippen LogP contribution >= 0.6 is 0 Å². The number of rotatable bonds is 5. The fourth-order valence-electron chi connectivity index (χ4n) is 1.61. The molecule has 2 N–H and O–H groups in total. The van der Waals surface area contributed by atoms with Crippen molar-refractivity contribution in [3.05, 3.63) is 22.9 Å². The SMILES string of the molecule is Cc1cc(C)c(CO)c(NCCN(C)C)n1. The molecule has 0 spiro atoms. The Hall–Kier alpha value is -1.13. The first-order chi connectivity index (χ1) is 7.54. The molecule has 0 aromatic carbocycles. The molecule has 1 rings (SSSR count). The van der Waals surface area contributed by atoms with Gasteiger partial charge in [-0.25, -0.2) is 4.98 Å². The van der Waals surface area contributed by atoms with Crippen LogP contribution in [0.15, 0.2) is 6.07 Å². The monoisotopic (exact) mass is 223 g/mol. The molecule has 0 fully saturated rings. The highest BCUT2D eigenvalue weighted by atomic mass is 16.3. The fraction of sp³-hybridized carbons (Fsp3) is 0.583. The van der Waals surface area contributed by atoms with E-state index in [1.54, 1.807) is 0 Å². The molecular formula is C12H21N3O. The maximum Gasteiger partial charge on any atom is 0.132 e. The van der Waals surface area contributed by atoms with Crippen LogP contribution in [0.3, 0.4) is 0 Å². The number of hydrogen-bond acceptors (Lipinski definition) is 4. The van der Waals surface area contributed by atoms with Crippen LogP contribution < -0.4 is 5.32 Å². The minimum atomic E-state index is 0.0312. The first-order valence-corrected chi connectivity index (χ1v) is 5.51. The number of likely N-dealkylation sites (N-methyl/N-ethyl adjacent to an activating group) is 1. The van der Waals surface area contributed by atoms with Gasteiger partial charge in [0.2, 0.25) is 0 Å². The van der Waals surface area contributed by atoms with Crippen molar-refractivity contribution in [3.8, 4) is 0 Å². The van der Waals surface area contributed by atoms with Crippen LogP contribution in [0.1, 0.15) is 16.8 Å². The maximum absolute atomic E-state index is 9.31. The van der Waals surface area contributed by atoms with Crippen LogP contribution in [0, 0.1) is 13.8 Å². The largest absolute Gasteiger partial charge is 0.392 e. The molecule has 0 saturated carbocycles. The van der Waals surface area contributed by atoms with Crippen molar-refractivity contribution in [1.82, 2.24) is 9.88 Å². The Labute approximate surface area is 97.3 Å². The molecule has 1 aromatic heterocycles.